The second-order valence-electron chi connectivity index (χ2n) is 4.58. The molecule has 1 fully saturated rings. The summed E-state index contributed by atoms with van der Waals surface area (Å²) < 4.78 is 11.8. The van der Waals surface area contributed by atoms with Crippen molar-refractivity contribution in [3.8, 4) is 6.07 Å². The Bertz CT molecular complexity index is 629. The van der Waals surface area contributed by atoms with Crippen LogP contribution in [0.5, 0.6) is 0 Å². The molecule has 0 amide bonds. The van der Waals surface area contributed by atoms with Gasteiger partial charge in [-0.05, 0) is 6.92 Å². The third-order valence-corrected chi connectivity index (χ3v) is 3.11. The first kappa shape index (κ1) is 14.5. The van der Waals surface area contributed by atoms with Crippen LogP contribution < -0.4 is 11.2 Å². The van der Waals surface area contributed by atoms with Crippen molar-refractivity contribution in [3.05, 3.63) is 32.6 Å². The molecule has 1 aliphatic rings. The number of rotatable bonds is 4. The highest BCUT2D eigenvalue weighted by Gasteiger charge is 2.35. The lowest BCUT2D eigenvalue weighted by molar-refractivity contribution is -0.0591. The van der Waals surface area contributed by atoms with E-state index in [-0.39, 0.29) is 19.6 Å². The van der Waals surface area contributed by atoms with Gasteiger partial charge in [0.25, 0.3) is 5.56 Å². The molecule has 0 spiro atoms. The number of nitrogens with zero attached hydrogens (tertiary/aromatic N) is 2. The molecule has 8 nitrogen and oxygen atoms in total. The van der Waals surface area contributed by atoms with Crippen LogP contribution in [0.2, 0.25) is 0 Å². The highest BCUT2D eigenvalue weighted by molar-refractivity contribution is 5.02. The van der Waals surface area contributed by atoms with E-state index in [0.29, 0.717) is 5.56 Å². The zero-order valence-corrected chi connectivity index (χ0v) is 10.9. The third kappa shape index (κ3) is 2.96. The lowest BCUT2D eigenvalue weighted by Gasteiger charge is -2.15. The van der Waals surface area contributed by atoms with E-state index in [1.807, 2.05) is 6.07 Å². The molecular formula is C12H15N3O5. The molecule has 20 heavy (non-hydrogen) atoms. The summed E-state index contributed by atoms with van der Waals surface area (Å²) in [7, 11) is 0. The standard InChI is InChI=1S/C12H15N3O5/c1-7-5-15(12(18)14-11(7)17)10-4-8(16)9(20-10)6-19-3-2-13/h5,8-10,16H,3-4,6H2,1H3,(H,14,17,18)/t8?,9-,10-/m1/s1. The van der Waals surface area contributed by atoms with Gasteiger partial charge in [0, 0.05) is 18.2 Å². The van der Waals surface area contributed by atoms with Crippen molar-refractivity contribution in [2.45, 2.75) is 31.8 Å². The largest absolute Gasteiger partial charge is 0.390 e. The minimum Gasteiger partial charge on any atom is -0.390 e. The van der Waals surface area contributed by atoms with Crippen molar-refractivity contribution in [3.63, 3.8) is 0 Å². The summed E-state index contributed by atoms with van der Waals surface area (Å²) in [5.41, 5.74) is -0.651. The first-order chi connectivity index (χ1) is 9.52. The Morgan fingerprint density at radius 1 is 1.65 bits per heavy atom. The van der Waals surface area contributed by atoms with Gasteiger partial charge >= 0.3 is 5.69 Å². The fourth-order valence-electron chi connectivity index (χ4n) is 2.06. The zero-order chi connectivity index (χ0) is 14.7. The Morgan fingerprint density at radius 2 is 2.40 bits per heavy atom. The summed E-state index contributed by atoms with van der Waals surface area (Å²) in [5, 5.41) is 18.2. The Kier molecular flexibility index (Phi) is 4.34. The van der Waals surface area contributed by atoms with Crippen molar-refractivity contribution in [1.29, 1.82) is 5.26 Å². The summed E-state index contributed by atoms with van der Waals surface area (Å²) in [4.78, 5) is 25.2. The van der Waals surface area contributed by atoms with Gasteiger partial charge in [0.2, 0.25) is 0 Å². The van der Waals surface area contributed by atoms with Crippen molar-refractivity contribution >= 4 is 0 Å². The Morgan fingerprint density at radius 3 is 3.10 bits per heavy atom. The predicted molar refractivity (Wildman–Crippen MR) is 67.0 cm³/mol. The maximum Gasteiger partial charge on any atom is 0.330 e. The number of hydrogen-bond acceptors (Lipinski definition) is 6. The lowest BCUT2D eigenvalue weighted by Crippen LogP contribution is -2.33. The molecule has 0 aromatic carbocycles. The second-order valence-corrected chi connectivity index (χ2v) is 4.58. The van der Waals surface area contributed by atoms with E-state index >= 15 is 0 Å². The minimum absolute atomic E-state index is 0.0717. The molecule has 2 heterocycles. The van der Waals surface area contributed by atoms with Crippen molar-refractivity contribution in [2.75, 3.05) is 13.2 Å². The van der Waals surface area contributed by atoms with Crippen molar-refractivity contribution in [2.24, 2.45) is 0 Å². The second kappa shape index (κ2) is 6.00. The molecule has 1 unspecified atom stereocenters. The Balaban J connectivity index is 2.12. The van der Waals surface area contributed by atoms with E-state index < -0.39 is 29.7 Å². The van der Waals surface area contributed by atoms with Crippen LogP contribution in [-0.4, -0.2) is 40.1 Å². The summed E-state index contributed by atoms with van der Waals surface area (Å²) in [6, 6.07) is 1.82. The average Bonchev–Trinajstić information content (AvgIpc) is 2.76. The molecule has 1 saturated heterocycles. The zero-order valence-electron chi connectivity index (χ0n) is 10.9. The molecule has 2 N–H and O–H groups in total. The van der Waals surface area contributed by atoms with Crippen molar-refractivity contribution < 1.29 is 14.6 Å². The average molecular weight is 281 g/mol. The minimum atomic E-state index is -0.794. The molecule has 1 aromatic heterocycles. The van der Waals surface area contributed by atoms with Crippen LogP contribution >= 0.6 is 0 Å². The molecule has 2 rings (SSSR count). The summed E-state index contributed by atoms with van der Waals surface area (Å²) in [6.45, 7) is 1.56. The maximum absolute atomic E-state index is 11.7. The molecule has 108 valence electrons. The highest BCUT2D eigenvalue weighted by atomic mass is 16.6. The first-order valence-electron chi connectivity index (χ1n) is 6.13. The van der Waals surface area contributed by atoms with Gasteiger partial charge < -0.3 is 14.6 Å². The highest BCUT2D eigenvalue weighted by Crippen LogP contribution is 2.27. The summed E-state index contributed by atoms with van der Waals surface area (Å²) >= 11 is 0. The number of nitrogens with one attached hydrogen (secondary N) is 1. The number of aliphatic hydroxyl groups is 1. The van der Waals surface area contributed by atoms with Crippen molar-refractivity contribution in [1.82, 2.24) is 9.55 Å². The van der Waals surface area contributed by atoms with Gasteiger partial charge in [0.15, 0.2) is 0 Å². The van der Waals surface area contributed by atoms with Gasteiger partial charge in [-0.1, -0.05) is 0 Å². The van der Waals surface area contributed by atoms with Gasteiger partial charge in [-0.3, -0.25) is 14.3 Å². The molecule has 0 bridgehead atoms. The SMILES string of the molecule is Cc1cn([C@H]2CC(O)[C@@H](COCC#N)O2)c(=O)[nH]c1=O. The number of aromatic amines is 1. The number of H-pyrrole nitrogens is 1. The molecule has 1 aliphatic heterocycles. The quantitative estimate of drug-likeness (QED) is 0.686. The molecule has 0 aliphatic carbocycles. The molecule has 8 heteroatoms. The van der Waals surface area contributed by atoms with E-state index in [9.17, 15) is 14.7 Å². The predicted octanol–water partition coefficient (Wildman–Crippen LogP) is -0.966. The number of hydrogen-bond donors (Lipinski definition) is 2. The van der Waals surface area contributed by atoms with E-state index in [2.05, 4.69) is 4.98 Å². The van der Waals surface area contributed by atoms with Crippen LogP contribution in [0.3, 0.4) is 0 Å². The van der Waals surface area contributed by atoms with E-state index in [1.54, 1.807) is 6.92 Å². The first-order valence-corrected chi connectivity index (χ1v) is 6.13. The van der Waals surface area contributed by atoms with E-state index in [1.165, 1.54) is 10.8 Å². The monoisotopic (exact) mass is 281 g/mol. The van der Waals surface area contributed by atoms with Gasteiger partial charge in [0.1, 0.15) is 18.9 Å². The topological polar surface area (TPSA) is 117 Å². The normalized spacial score (nSPS) is 25.6. The number of nitriles is 1. The number of aliphatic hydroxyl groups excluding tert-OH is 1. The number of aryl methyl sites for hydroxylation is 1. The maximum atomic E-state index is 11.7. The lowest BCUT2D eigenvalue weighted by atomic mass is 10.2. The van der Waals surface area contributed by atoms with Crippen LogP contribution in [-0.2, 0) is 9.47 Å². The van der Waals surface area contributed by atoms with Gasteiger partial charge in [-0.25, -0.2) is 4.79 Å². The molecule has 3 atom stereocenters. The fourth-order valence-corrected chi connectivity index (χ4v) is 2.06. The summed E-state index contributed by atoms with van der Waals surface area (Å²) in [6.07, 6.45) is -0.447. The van der Waals surface area contributed by atoms with Gasteiger partial charge in [0.05, 0.1) is 18.8 Å². The number of aromatic nitrogens is 2. The smallest absolute Gasteiger partial charge is 0.330 e. The summed E-state index contributed by atoms with van der Waals surface area (Å²) in [5.74, 6) is 0. The van der Waals surface area contributed by atoms with Gasteiger partial charge in [-0.2, -0.15) is 5.26 Å². The molecular weight excluding hydrogens is 266 g/mol. The molecule has 1 aromatic rings. The van der Waals surface area contributed by atoms with Crippen LogP contribution in [0.15, 0.2) is 15.8 Å². The third-order valence-electron chi connectivity index (χ3n) is 3.11. The van der Waals surface area contributed by atoms with E-state index in [4.69, 9.17) is 14.7 Å². The van der Waals surface area contributed by atoms with E-state index in [0.717, 1.165) is 0 Å². The van der Waals surface area contributed by atoms with Crippen LogP contribution in [0.4, 0.5) is 0 Å². The van der Waals surface area contributed by atoms with Crippen LogP contribution in [0, 0.1) is 18.3 Å². The molecule has 0 radical (unpaired) electrons. The fraction of sp³-hybridized carbons (Fsp3) is 0.583. The Labute approximate surface area is 114 Å². The van der Waals surface area contributed by atoms with Gasteiger partial charge in [-0.15, -0.1) is 0 Å². The van der Waals surface area contributed by atoms with Crippen LogP contribution in [0.25, 0.3) is 0 Å². The van der Waals surface area contributed by atoms with Crippen LogP contribution in [0.1, 0.15) is 18.2 Å². The Hall–Kier alpha value is -1.95. The number of ether oxygens (including phenoxy) is 2. The molecule has 0 saturated carbocycles.